The van der Waals surface area contributed by atoms with Crippen LogP contribution in [0.25, 0.3) is 0 Å². The predicted octanol–water partition coefficient (Wildman–Crippen LogP) is 1.76. The van der Waals surface area contributed by atoms with Gasteiger partial charge in [-0.25, -0.2) is 4.39 Å². The Hall–Kier alpha value is -0.630. The average Bonchev–Trinajstić information content (AvgIpc) is 1.82. The first-order valence-corrected chi connectivity index (χ1v) is 3.42. The second kappa shape index (κ2) is 2.54. The molecule has 1 aliphatic carbocycles. The molecule has 0 aromatic carbocycles. The van der Waals surface area contributed by atoms with Crippen molar-refractivity contribution in [2.75, 3.05) is 0 Å². The van der Waals surface area contributed by atoms with Crippen LogP contribution >= 0.6 is 0 Å². The van der Waals surface area contributed by atoms with Crippen LogP contribution in [0.3, 0.4) is 0 Å². The molecule has 0 bridgehead atoms. The van der Waals surface area contributed by atoms with E-state index >= 15 is 0 Å². The summed E-state index contributed by atoms with van der Waals surface area (Å²) in [5.74, 6) is 0.0719. The molecule has 2 unspecified atom stereocenters. The second-order valence-corrected chi connectivity index (χ2v) is 2.81. The van der Waals surface area contributed by atoms with Crippen LogP contribution in [0.15, 0.2) is 23.6 Å². The first-order chi connectivity index (χ1) is 4.61. The van der Waals surface area contributed by atoms with Crippen molar-refractivity contribution < 1.29 is 4.39 Å². The first kappa shape index (κ1) is 7.48. The molecule has 1 rings (SSSR count). The molecule has 0 heterocycles. The van der Waals surface area contributed by atoms with Gasteiger partial charge in [0.2, 0.25) is 0 Å². The largest absolute Gasteiger partial charge is 0.324 e. The van der Waals surface area contributed by atoms with Gasteiger partial charge in [-0.05, 0) is 25.0 Å². The van der Waals surface area contributed by atoms with E-state index in [1.54, 1.807) is 0 Å². The van der Waals surface area contributed by atoms with Gasteiger partial charge in [0.1, 0.15) is 5.83 Å². The summed E-state index contributed by atoms with van der Waals surface area (Å²) in [6, 6.07) is -0.148. The van der Waals surface area contributed by atoms with Crippen molar-refractivity contribution in [1.82, 2.24) is 0 Å². The van der Waals surface area contributed by atoms with Gasteiger partial charge in [0, 0.05) is 6.04 Å². The summed E-state index contributed by atoms with van der Waals surface area (Å²) in [7, 11) is 0. The van der Waals surface area contributed by atoms with Gasteiger partial charge in [-0.1, -0.05) is 12.5 Å². The Morgan fingerprint density at radius 1 is 1.60 bits per heavy atom. The zero-order valence-electron chi connectivity index (χ0n) is 6.26. The van der Waals surface area contributed by atoms with Crippen molar-refractivity contribution >= 4 is 0 Å². The molecular formula is C8H12FN. The topological polar surface area (TPSA) is 26.0 Å². The van der Waals surface area contributed by atoms with Gasteiger partial charge < -0.3 is 5.73 Å². The second-order valence-electron chi connectivity index (χ2n) is 2.81. The summed E-state index contributed by atoms with van der Waals surface area (Å²) >= 11 is 0. The van der Waals surface area contributed by atoms with Gasteiger partial charge in [-0.2, -0.15) is 0 Å². The molecule has 56 valence electrons. The molecule has 0 aliphatic heterocycles. The summed E-state index contributed by atoms with van der Waals surface area (Å²) < 4.78 is 12.6. The van der Waals surface area contributed by atoms with E-state index in [0.717, 1.165) is 5.57 Å². The van der Waals surface area contributed by atoms with Crippen molar-refractivity contribution in [3.8, 4) is 0 Å². The monoisotopic (exact) mass is 141 g/mol. The third kappa shape index (κ3) is 1.27. The minimum absolute atomic E-state index is 0.148. The fraction of sp³-hybridized carbons (Fsp3) is 0.500. The third-order valence-corrected chi connectivity index (χ3v) is 2.01. The van der Waals surface area contributed by atoms with E-state index in [0.29, 0.717) is 0 Å². The van der Waals surface area contributed by atoms with Crippen LogP contribution in [0, 0.1) is 5.92 Å². The maximum absolute atomic E-state index is 12.6. The lowest BCUT2D eigenvalue weighted by Gasteiger charge is -2.20. The van der Waals surface area contributed by atoms with Crippen LogP contribution in [0.1, 0.15) is 13.8 Å². The zero-order chi connectivity index (χ0) is 7.72. The molecule has 2 N–H and O–H groups in total. The molecule has 0 spiro atoms. The van der Waals surface area contributed by atoms with Crippen LogP contribution in [0.5, 0.6) is 0 Å². The quantitative estimate of drug-likeness (QED) is 0.546. The Balaban J connectivity index is 2.85. The smallest absolute Gasteiger partial charge is 0.120 e. The third-order valence-electron chi connectivity index (χ3n) is 2.01. The molecule has 1 nitrogen and oxygen atoms in total. The molecule has 0 saturated carbocycles. The number of hydrogen-bond acceptors (Lipinski definition) is 1. The zero-order valence-corrected chi connectivity index (χ0v) is 6.26. The number of halogens is 1. The van der Waals surface area contributed by atoms with Crippen LogP contribution in [-0.4, -0.2) is 6.04 Å². The fourth-order valence-electron chi connectivity index (χ4n) is 1.03. The van der Waals surface area contributed by atoms with Crippen molar-refractivity contribution in [3.05, 3.63) is 23.6 Å². The lowest BCUT2D eigenvalue weighted by molar-refractivity contribution is 0.549. The lowest BCUT2D eigenvalue weighted by Crippen LogP contribution is -2.28. The highest BCUT2D eigenvalue weighted by Gasteiger charge is 2.16. The Morgan fingerprint density at radius 2 is 2.20 bits per heavy atom. The molecule has 0 radical (unpaired) electrons. The van der Waals surface area contributed by atoms with Crippen LogP contribution in [0.4, 0.5) is 4.39 Å². The van der Waals surface area contributed by atoms with E-state index in [2.05, 4.69) is 0 Å². The van der Waals surface area contributed by atoms with Crippen molar-refractivity contribution in [2.45, 2.75) is 19.9 Å². The molecule has 0 aromatic heterocycles. The molecule has 0 fully saturated rings. The van der Waals surface area contributed by atoms with E-state index in [4.69, 9.17) is 5.73 Å². The predicted molar refractivity (Wildman–Crippen MR) is 40.1 cm³/mol. The molecule has 0 saturated heterocycles. The molecule has 2 atom stereocenters. The SMILES string of the molecule is CC1=CC(F)=CC(N)C1C. The average molecular weight is 141 g/mol. The van der Waals surface area contributed by atoms with Crippen LogP contribution < -0.4 is 5.73 Å². The summed E-state index contributed by atoms with van der Waals surface area (Å²) in [5, 5.41) is 0. The van der Waals surface area contributed by atoms with Crippen molar-refractivity contribution in [3.63, 3.8) is 0 Å². The standard InChI is InChI=1S/C8H12FN/c1-5-3-7(9)4-8(10)6(5)2/h3-4,6,8H,10H2,1-2H3. The summed E-state index contributed by atoms with van der Waals surface area (Å²) in [6.07, 6.45) is 2.99. The van der Waals surface area contributed by atoms with Gasteiger partial charge in [0.25, 0.3) is 0 Å². The fourth-order valence-corrected chi connectivity index (χ4v) is 1.03. The summed E-state index contributed by atoms with van der Waals surface area (Å²) in [4.78, 5) is 0. The Bertz CT molecular complexity index is 193. The highest BCUT2D eigenvalue weighted by molar-refractivity contribution is 5.27. The molecule has 10 heavy (non-hydrogen) atoms. The molecular weight excluding hydrogens is 129 g/mol. The molecule has 0 aromatic rings. The Kier molecular flexibility index (Phi) is 1.90. The first-order valence-electron chi connectivity index (χ1n) is 3.42. The number of hydrogen-bond donors (Lipinski definition) is 1. The van der Waals surface area contributed by atoms with Gasteiger partial charge in [0.05, 0.1) is 0 Å². The van der Waals surface area contributed by atoms with E-state index in [1.807, 2.05) is 13.8 Å². The van der Waals surface area contributed by atoms with Crippen LogP contribution in [0.2, 0.25) is 0 Å². The summed E-state index contributed by atoms with van der Waals surface area (Å²) in [5.41, 5.74) is 6.62. The van der Waals surface area contributed by atoms with E-state index < -0.39 is 0 Å². The summed E-state index contributed by atoms with van der Waals surface area (Å²) in [6.45, 7) is 3.90. The lowest BCUT2D eigenvalue weighted by atomic mass is 9.90. The Morgan fingerprint density at radius 3 is 2.70 bits per heavy atom. The van der Waals surface area contributed by atoms with E-state index in [-0.39, 0.29) is 17.8 Å². The Labute approximate surface area is 60.4 Å². The number of allylic oxidation sites excluding steroid dienone is 2. The minimum atomic E-state index is -0.205. The molecule has 2 heteroatoms. The molecule has 0 amide bonds. The van der Waals surface area contributed by atoms with Gasteiger partial charge in [0.15, 0.2) is 0 Å². The molecule has 1 aliphatic rings. The van der Waals surface area contributed by atoms with Gasteiger partial charge >= 0.3 is 0 Å². The highest BCUT2D eigenvalue weighted by Crippen LogP contribution is 2.22. The maximum atomic E-state index is 12.6. The number of rotatable bonds is 0. The minimum Gasteiger partial charge on any atom is -0.324 e. The van der Waals surface area contributed by atoms with Gasteiger partial charge in [-0.3, -0.25) is 0 Å². The van der Waals surface area contributed by atoms with Crippen molar-refractivity contribution in [2.24, 2.45) is 11.7 Å². The normalized spacial score (nSPS) is 33.2. The van der Waals surface area contributed by atoms with E-state index in [1.165, 1.54) is 12.2 Å². The van der Waals surface area contributed by atoms with Gasteiger partial charge in [-0.15, -0.1) is 0 Å². The van der Waals surface area contributed by atoms with Crippen molar-refractivity contribution in [1.29, 1.82) is 0 Å². The maximum Gasteiger partial charge on any atom is 0.120 e. The van der Waals surface area contributed by atoms with Crippen LogP contribution in [-0.2, 0) is 0 Å². The number of nitrogens with two attached hydrogens (primary N) is 1. The van der Waals surface area contributed by atoms with E-state index in [9.17, 15) is 4.39 Å². The highest BCUT2D eigenvalue weighted by atomic mass is 19.1.